The van der Waals surface area contributed by atoms with E-state index < -0.39 is 17.5 Å². The topological polar surface area (TPSA) is 70.0 Å². The minimum absolute atomic E-state index is 0.227. The van der Waals surface area contributed by atoms with Gasteiger partial charge in [0.2, 0.25) is 0 Å². The number of halogens is 1. The Morgan fingerprint density at radius 2 is 1.90 bits per heavy atom. The Bertz CT molecular complexity index is 491. The van der Waals surface area contributed by atoms with Gasteiger partial charge in [0, 0.05) is 11.0 Å². The molecule has 1 rings (SSSR count). The standard InChI is InChI=1S/C15H22BrNO4/c1-14(2,3)21-13(18)17(10-15(4,19)20)9-11-6-5-7-12(16)8-11/h5-8,19-20H,9-10H2,1-4H3. The van der Waals surface area contributed by atoms with Crippen LogP contribution in [0.4, 0.5) is 4.79 Å². The van der Waals surface area contributed by atoms with Crippen molar-refractivity contribution < 1.29 is 19.7 Å². The zero-order chi connectivity index (χ0) is 16.3. The number of hydrogen-bond donors (Lipinski definition) is 2. The lowest BCUT2D eigenvalue weighted by molar-refractivity contribution is -0.158. The molecule has 0 saturated heterocycles. The minimum atomic E-state index is -1.98. The highest BCUT2D eigenvalue weighted by Crippen LogP contribution is 2.17. The molecule has 0 radical (unpaired) electrons. The predicted molar refractivity (Wildman–Crippen MR) is 83.6 cm³/mol. The van der Waals surface area contributed by atoms with Crippen LogP contribution in [0.1, 0.15) is 33.3 Å². The van der Waals surface area contributed by atoms with E-state index in [4.69, 9.17) is 4.74 Å². The summed E-state index contributed by atoms with van der Waals surface area (Å²) in [6.07, 6.45) is -0.586. The van der Waals surface area contributed by atoms with Crippen LogP contribution >= 0.6 is 15.9 Å². The molecule has 0 aliphatic heterocycles. The molecule has 6 heteroatoms. The Balaban J connectivity index is 2.89. The van der Waals surface area contributed by atoms with Gasteiger partial charge < -0.3 is 14.9 Å². The fourth-order valence-corrected chi connectivity index (χ4v) is 2.18. The zero-order valence-corrected chi connectivity index (χ0v) is 14.3. The van der Waals surface area contributed by atoms with Gasteiger partial charge in [0.05, 0.1) is 6.54 Å². The summed E-state index contributed by atoms with van der Waals surface area (Å²) in [5.41, 5.74) is 0.216. The largest absolute Gasteiger partial charge is 0.444 e. The Kier molecular flexibility index (Phi) is 5.78. The van der Waals surface area contributed by atoms with Crippen LogP contribution in [0.2, 0.25) is 0 Å². The maximum Gasteiger partial charge on any atom is 0.410 e. The number of hydrogen-bond acceptors (Lipinski definition) is 4. The van der Waals surface area contributed by atoms with E-state index in [-0.39, 0.29) is 13.1 Å². The van der Waals surface area contributed by atoms with Crippen LogP contribution < -0.4 is 0 Å². The lowest BCUT2D eigenvalue weighted by atomic mass is 10.2. The summed E-state index contributed by atoms with van der Waals surface area (Å²) in [7, 11) is 0. The highest BCUT2D eigenvalue weighted by atomic mass is 79.9. The summed E-state index contributed by atoms with van der Waals surface area (Å²) in [6.45, 7) is 6.50. The zero-order valence-electron chi connectivity index (χ0n) is 12.8. The molecule has 0 aromatic heterocycles. The molecule has 0 aliphatic rings. The first-order valence-corrected chi connectivity index (χ1v) is 7.43. The molecule has 0 spiro atoms. The normalized spacial score (nSPS) is 12.1. The van der Waals surface area contributed by atoms with Gasteiger partial charge >= 0.3 is 6.09 Å². The molecule has 0 bridgehead atoms. The van der Waals surface area contributed by atoms with Gasteiger partial charge in [-0.1, -0.05) is 28.1 Å². The van der Waals surface area contributed by atoms with Crippen LogP contribution in [-0.2, 0) is 11.3 Å². The summed E-state index contributed by atoms with van der Waals surface area (Å²) in [4.78, 5) is 13.5. The van der Waals surface area contributed by atoms with Gasteiger partial charge in [-0.05, 0) is 45.4 Å². The van der Waals surface area contributed by atoms with Crippen LogP contribution in [0.3, 0.4) is 0 Å². The van der Waals surface area contributed by atoms with E-state index in [1.807, 2.05) is 24.3 Å². The molecule has 1 aromatic rings. The van der Waals surface area contributed by atoms with Crippen molar-refractivity contribution in [1.82, 2.24) is 4.90 Å². The maximum atomic E-state index is 12.2. The van der Waals surface area contributed by atoms with Crippen LogP contribution in [-0.4, -0.2) is 39.1 Å². The fourth-order valence-electron chi connectivity index (χ4n) is 1.73. The second kappa shape index (κ2) is 6.77. The molecule has 118 valence electrons. The van der Waals surface area contributed by atoms with Gasteiger partial charge in [0.25, 0.3) is 0 Å². The molecule has 1 amide bonds. The average molecular weight is 360 g/mol. The third-order valence-corrected chi connectivity index (χ3v) is 2.90. The lowest BCUT2D eigenvalue weighted by Gasteiger charge is -2.30. The number of ether oxygens (including phenoxy) is 1. The van der Waals surface area contributed by atoms with E-state index in [1.54, 1.807) is 20.8 Å². The predicted octanol–water partition coefficient (Wildman–Crippen LogP) is 2.89. The minimum Gasteiger partial charge on any atom is -0.444 e. The molecule has 0 atom stereocenters. The van der Waals surface area contributed by atoms with Crippen molar-refractivity contribution in [2.75, 3.05) is 6.54 Å². The van der Waals surface area contributed by atoms with Crippen molar-refractivity contribution >= 4 is 22.0 Å². The SMILES string of the molecule is CC(O)(O)CN(Cc1cccc(Br)c1)C(=O)OC(C)(C)C. The molecular weight excluding hydrogens is 338 g/mol. The molecule has 0 fully saturated rings. The number of amides is 1. The number of aliphatic hydroxyl groups is 2. The maximum absolute atomic E-state index is 12.2. The number of benzene rings is 1. The number of nitrogens with zero attached hydrogens (tertiary/aromatic N) is 1. The van der Waals surface area contributed by atoms with Crippen LogP contribution in [0.15, 0.2) is 28.7 Å². The van der Waals surface area contributed by atoms with Gasteiger partial charge in [-0.3, -0.25) is 4.90 Å². The van der Waals surface area contributed by atoms with Crippen molar-refractivity contribution in [1.29, 1.82) is 0 Å². The molecule has 5 nitrogen and oxygen atoms in total. The lowest BCUT2D eigenvalue weighted by Crippen LogP contribution is -2.45. The first kappa shape index (κ1) is 17.9. The van der Waals surface area contributed by atoms with Gasteiger partial charge in [0.15, 0.2) is 5.79 Å². The van der Waals surface area contributed by atoms with Gasteiger partial charge in [-0.2, -0.15) is 0 Å². The summed E-state index contributed by atoms with van der Waals surface area (Å²) in [6, 6.07) is 7.45. The van der Waals surface area contributed by atoms with Gasteiger partial charge in [-0.15, -0.1) is 0 Å². The van der Waals surface area contributed by atoms with Crippen molar-refractivity contribution in [3.8, 4) is 0 Å². The Labute approximate surface area is 133 Å². The quantitative estimate of drug-likeness (QED) is 0.810. The molecule has 0 unspecified atom stereocenters. The third kappa shape index (κ3) is 7.45. The smallest absolute Gasteiger partial charge is 0.410 e. The number of rotatable bonds is 4. The van der Waals surface area contributed by atoms with Crippen molar-refractivity contribution in [3.05, 3.63) is 34.3 Å². The van der Waals surface area contributed by atoms with Crippen LogP contribution in [0, 0.1) is 0 Å². The first-order chi connectivity index (χ1) is 9.46. The highest BCUT2D eigenvalue weighted by molar-refractivity contribution is 9.10. The fraction of sp³-hybridized carbons (Fsp3) is 0.533. The van der Waals surface area contributed by atoms with Gasteiger partial charge in [0.1, 0.15) is 5.60 Å². The number of carbonyl (C=O) groups is 1. The molecule has 2 N–H and O–H groups in total. The van der Waals surface area contributed by atoms with E-state index in [0.29, 0.717) is 0 Å². The molecule has 0 aliphatic carbocycles. The van der Waals surface area contributed by atoms with Gasteiger partial charge in [-0.25, -0.2) is 4.79 Å². The monoisotopic (exact) mass is 359 g/mol. The van der Waals surface area contributed by atoms with Crippen LogP contribution in [0.5, 0.6) is 0 Å². The Hall–Kier alpha value is -1.11. The van der Waals surface area contributed by atoms with Crippen molar-refractivity contribution in [2.24, 2.45) is 0 Å². The molecule has 0 saturated carbocycles. The summed E-state index contributed by atoms with van der Waals surface area (Å²) >= 11 is 3.37. The second-order valence-corrected chi connectivity index (χ2v) is 7.10. The molecule has 1 aromatic carbocycles. The van der Waals surface area contributed by atoms with E-state index in [9.17, 15) is 15.0 Å². The van der Waals surface area contributed by atoms with E-state index in [0.717, 1.165) is 10.0 Å². The number of carbonyl (C=O) groups excluding carboxylic acids is 1. The first-order valence-electron chi connectivity index (χ1n) is 6.63. The Morgan fingerprint density at radius 3 is 2.38 bits per heavy atom. The molecular formula is C15H22BrNO4. The Morgan fingerprint density at radius 1 is 1.29 bits per heavy atom. The van der Waals surface area contributed by atoms with E-state index >= 15 is 0 Å². The van der Waals surface area contributed by atoms with Crippen molar-refractivity contribution in [3.63, 3.8) is 0 Å². The second-order valence-electron chi connectivity index (χ2n) is 6.18. The van der Waals surface area contributed by atoms with E-state index in [2.05, 4.69) is 15.9 Å². The molecule has 21 heavy (non-hydrogen) atoms. The summed E-state index contributed by atoms with van der Waals surface area (Å²) < 4.78 is 6.19. The van der Waals surface area contributed by atoms with Crippen molar-refractivity contribution in [2.45, 2.75) is 45.6 Å². The average Bonchev–Trinajstić information content (AvgIpc) is 2.23. The van der Waals surface area contributed by atoms with E-state index in [1.165, 1.54) is 11.8 Å². The third-order valence-electron chi connectivity index (χ3n) is 2.40. The van der Waals surface area contributed by atoms with Crippen LogP contribution in [0.25, 0.3) is 0 Å². The highest BCUT2D eigenvalue weighted by Gasteiger charge is 2.28. The summed E-state index contributed by atoms with van der Waals surface area (Å²) in [5, 5.41) is 19.1. The molecule has 0 heterocycles. The summed E-state index contributed by atoms with van der Waals surface area (Å²) in [5.74, 6) is -1.98.